The molecule has 11 heteroatoms. The van der Waals surface area contributed by atoms with Gasteiger partial charge in [-0.3, -0.25) is 9.20 Å². The molecule has 0 spiro atoms. The first-order valence-electron chi connectivity index (χ1n) is 9.19. The van der Waals surface area contributed by atoms with Crippen LogP contribution in [0.1, 0.15) is 40.2 Å². The van der Waals surface area contributed by atoms with Crippen LogP contribution in [0.4, 0.5) is 23.2 Å². The summed E-state index contributed by atoms with van der Waals surface area (Å²) in [5.41, 5.74) is 5.54. The fraction of sp³-hybridized carbons (Fsp3) is 0.474. The van der Waals surface area contributed by atoms with E-state index in [1.807, 2.05) is 0 Å². The lowest BCUT2D eigenvalue weighted by molar-refractivity contribution is -0.171. The van der Waals surface area contributed by atoms with Crippen LogP contribution in [0.2, 0.25) is 0 Å². The largest absolute Gasteiger partial charge is 0.477 e. The van der Waals surface area contributed by atoms with Gasteiger partial charge < -0.3 is 15.7 Å². The third-order valence-corrected chi connectivity index (χ3v) is 5.79. The van der Waals surface area contributed by atoms with Crippen LogP contribution in [0.15, 0.2) is 17.1 Å². The van der Waals surface area contributed by atoms with E-state index in [2.05, 4.69) is 0 Å². The molecule has 2 fully saturated rings. The summed E-state index contributed by atoms with van der Waals surface area (Å²) in [4.78, 5) is 25.3. The number of hydrogen-bond acceptors (Lipinski definition) is 4. The second-order valence-corrected chi connectivity index (χ2v) is 7.78. The van der Waals surface area contributed by atoms with Gasteiger partial charge in [-0.05, 0) is 42.9 Å². The van der Waals surface area contributed by atoms with Crippen molar-refractivity contribution in [1.29, 1.82) is 0 Å². The third-order valence-electron chi connectivity index (χ3n) is 5.79. The molecule has 2 aromatic rings. The standard InChI is InChI=1S/C19H19F4N3O3.ClH/c1-8-15-10(9-2-3-9)4-11(18(28)29)17(27)26(15)6-13(20)16(8)25-5-12(14(24)7-25)19(21,22)23;/h4,6,9,12,14H,2-3,5,7,24H2,1H3,(H,28,29);1H/t12-,14-;/m0./s1. The van der Waals surface area contributed by atoms with Gasteiger partial charge in [0.25, 0.3) is 5.56 Å². The van der Waals surface area contributed by atoms with Crippen molar-refractivity contribution in [3.8, 4) is 0 Å². The van der Waals surface area contributed by atoms with Crippen LogP contribution in [-0.2, 0) is 0 Å². The van der Waals surface area contributed by atoms with Crippen molar-refractivity contribution in [2.45, 2.75) is 37.9 Å². The SMILES string of the molecule is Cc1c(N2C[C@H](N)[C@@H](C(F)(F)F)C2)c(F)cn2c(=O)c(C(=O)O)cc(C3CC3)c12.Cl. The monoisotopic (exact) mass is 449 g/mol. The number of pyridine rings is 2. The van der Waals surface area contributed by atoms with E-state index < -0.39 is 47.6 Å². The molecule has 6 nitrogen and oxygen atoms in total. The van der Waals surface area contributed by atoms with Gasteiger partial charge >= 0.3 is 12.1 Å². The number of alkyl halides is 3. The van der Waals surface area contributed by atoms with Crippen molar-refractivity contribution < 1.29 is 27.5 Å². The summed E-state index contributed by atoms with van der Waals surface area (Å²) >= 11 is 0. The van der Waals surface area contributed by atoms with E-state index in [1.54, 1.807) is 0 Å². The van der Waals surface area contributed by atoms with E-state index in [9.17, 15) is 32.3 Å². The average molecular weight is 450 g/mol. The number of nitrogens with zero attached hydrogens (tertiary/aromatic N) is 2. The normalized spacial score (nSPS) is 21.7. The molecule has 0 radical (unpaired) electrons. The Hall–Kier alpha value is -2.33. The van der Waals surface area contributed by atoms with Crippen molar-refractivity contribution in [2.24, 2.45) is 11.7 Å². The molecule has 2 aliphatic rings. The summed E-state index contributed by atoms with van der Waals surface area (Å²) in [6.45, 7) is 0.884. The molecule has 2 aromatic heterocycles. The van der Waals surface area contributed by atoms with Gasteiger partial charge in [0.2, 0.25) is 0 Å². The highest BCUT2D eigenvalue weighted by Gasteiger charge is 2.49. The molecule has 164 valence electrons. The average Bonchev–Trinajstić information content (AvgIpc) is 3.37. The summed E-state index contributed by atoms with van der Waals surface area (Å²) in [5, 5.41) is 9.32. The Labute approximate surface area is 174 Å². The molecule has 1 saturated heterocycles. The number of hydrogen-bond donors (Lipinski definition) is 2. The smallest absolute Gasteiger partial charge is 0.395 e. The molecule has 30 heavy (non-hydrogen) atoms. The highest BCUT2D eigenvalue weighted by molar-refractivity contribution is 5.89. The third kappa shape index (κ3) is 3.51. The van der Waals surface area contributed by atoms with E-state index >= 15 is 0 Å². The van der Waals surface area contributed by atoms with Gasteiger partial charge in [-0.1, -0.05) is 0 Å². The van der Waals surface area contributed by atoms with Gasteiger partial charge in [-0.15, -0.1) is 12.4 Å². The van der Waals surface area contributed by atoms with Crippen LogP contribution in [0.3, 0.4) is 0 Å². The molecule has 1 aliphatic carbocycles. The number of carboxylic acids is 1. The molecule has 4 rings (SSSR count). The highest BCUT2D eigenvalue weighted by atomic mass is 35.5. The zero-order valence-corrected chi connectivity index (χ0v) is 16.7. The molecule has 1 aliphatic heterocycles. The number of aromatic carboxylic acids is 1. The number of fused-ring (bicyclic) bond motifs is 1. The maximum absolute atomic E-state index is 15.0. The van der Waals surface area contributed by atoms with E-state index in [4.69, 9.17) is 5.73 Å². The molecule has 0 aromatic carbocycles. The maximum atomic E-state index is 15.0. The Morgan fingerprint density at radius 3 is 2.40 bits per heavy atom. The molecule has 0 amide bonds. The van der Waals surface area contributed by atoms with E-state index in [0.717, 1.165) is 23.4 Å². The summed E-state index contributed by atoms with van der Waals surface area (Å²) < 4.78 is 55.5. The number of halogens is 5. The van der Waals surface area contributed by atoms with Crippen molar-refractivity contribution in [3.05, 3.63) is 45.1 Å². The first-order chi connectivity index (χ1) is 13.5. The Balaban J connectivity index is 0.00000256. The lowest BCUT2D eigenvalue weighted by Gasteiger charge is -2.24. The topological polar surface area (TPSA) is 88.0 Å². The van der Waals surface area contributed by atoms with Crippen LogP contribution in [0.5, 0.6) is 0 Å². The summed E-state index contributed by atoms with van der Waals surface area (Å²) in [6, 6.07) is 0.116. The predicted octanol–water partition coefficient (Wildman–Crippen LogP) is 3.07. The molecule has 3 N–H and O–H groups in total. The number of aromatic nitrogens is 1. The van der Waals surface area contributed by atoms with Crippen LogP contribution in [0.25, 0.3) is 5.52 Å². The van der Waals surface area contributed by atoms with Crippen molar-refractivity contribution >= 4 is 29.6 Å². The molecule has 0 unspecified atom stereocenters. The zero-order valence-electron chi connectivity index (χ0n) is 15.9. The molecule has 3 heterocycles. The minimum Gasteiger partial charge on any atom is -0.477 e. The van der Waals surface area contributed by atoms with Gasteiger partial charge in [0.1, 0.15) is 5.56 Å². The minimum atomic E-state index is -4.50. The molecular formula is C19H20ClF4N3O3. The van der Waals surface area contributed by atoms with Gasteiger partial charge in [0, 0.05) is 19.1 Å². The first-order valence-corrected chi connectivity index (χ1v) is 9.19. The van der Waals surface area contributed by atoms with Crippen LogP contribution < -0.4 is 16.2 Å². The van der Waals surface area contributed by atoms with E-state index in [-0.39, 0.29) is 30.6 Å². The van der Waals surface area contributed by atoms with Gasteiger partial charge in [-0.2, -0.15) is 13.2 Å². The van der Waals surface area contributed by atoms with E-state index in [0.29, 0.717) is 16.6 Å². The molecular weight excluding hydrogens is 430 g/mol. The predicted molar refractivity (Wildman–Crippen MR) is 104 cm³/mol. The Kier molecular flexibility index (Phi) is 5.53. The molecule has 2 atom stereocenters. The van der Waals surface area contributed by atoms with Crippen molar-refractivity contribution in [1.82, 2.24) is 4.40 Å². The fourth-order valence-electron chi connectivity index (χ4n) is 4.25. The fourth-order valence-corrected chi connectivity index (χ4v) is 4.25. The van der Waals surface area contributed by atoms with E-state index in [1.165, 1.54) is 17.9 Å². The van der Waals surface area contributed by atoms with Crippen molar-refractivity contribution in [2.75, 3.05) is 18.0 Å². The minimum absolute atomic E-state index is 0. The summed E-state index contributed by atoms with van der Waals surface area (Å²) in [6.07, 6.45) is -2.04. The van der Waals surface area contributed by atoms with Crippen molar-refractivity contribution in [3.63, 3.8) is 0 Å². The number of rotatable bonds is 3. The Morgan fingerprint density at radius 2 is 1.90 bits per heavy atom. The Bertz CT molecular complexity index is 1080. The number of carbonyl (C=O) groups is 1. The number of anilines is 1. The van der Waals surface area contributed by atoms with Crippen LogP contribution in [-0.4, -0.2) is 40.8 Å². The van der Waals surface area contributed by atoms with Gasteiger partial charge in [0.05, 0.1) is 23.3 Å². The lowest BCUT2D eigenvalue weighted by atomic mass is 10.0. The van der Waals surface area contributed by atoms with Gasteiger partial charge in [0.15, 0.2) is 5.82 Å². The summed E-state index contributed by atoms with van der Waals surface area (Å²) in [7, 11) is 0. The lowest BCUT2D eigenvalue weighted by Crippen LogP contribution is -2.38. The Morgan fingerprint density at radius 1 is 1.27 bits per heavy atom. The quantitative estimate of drug-likeness (QED) is 0.703. The highest BCUT2D eigenvalue weighted by Crippen LogP contribution is 2.44. The molecule has 1 saturated carbocycles. The van der Waals surface area contributed by atoms with Gasteiger partial charge in [-0.25, -0.2) is 9.18 Å². The number of carboxylic acid groups (broad SMARTS) is 1. The molecule has 0 bridgehead atoms. The summed E-state index contributed by atoms with van der Waals surface area (Å²) in [5.74, 6) is -4.05. The number of nitrogens with two attached hydrogens (primary N) is 1. The first kappa shape index (κ1) is 22.4. The second kappa shape index (κ2) is 7.42. The zero-order chi connectivity index (χ0) is 21.2. The number of aryl methyl sites for hydroxylation is 1. The van der Waals surface area contributed by atoms with Crippen LogP contribution >= 0.6 is 12.4 Å². The van der Waals surface area contributed by atoms with Crippen LogP contribution in [0, 0.1) is 18.7 Å². The maximum Gasteiger partial charge on any atom is 0.395 e. The second-order valence-electron chi connectivity index (χ2n) is 7.78.